The van der Waals surface area contributed by atoms with Gasteiger partial charge in [0.15, 0.2) is 0 Å². The average molecular weight is 214 g/mol. The Bertz CT molecular complexity index is 652. The first kappa shape index (κ1) is 9.03. The zero-order valence-corrected chi connectivity index (χ0v) is 8.73. The molecule has 0 radical (unpaired) electrons. The van der Waals surface area contributed by atoms with Crippen LogP contribution in [0.2, 0.25) is 0 Å². The topological polar surface area (TPSA) is 65.2 Å². The summed E-state index contributed by atoms with van der Waals surface area (Å²) >= 11 is 0. The van der Waals surface area contributed by atoms with Crippen LogP contribution in [-0.4, -0.2) is 5.16 Å². The average Bonchev–Trinajstić information content (AvgIpc) is 2.81. The molecular formula is C12H10N2O2. The van der Waals surface area contributed by atoms with Crippen LogP contribution in [-0.2, 0) is 0 Å². The second-order valence-corrected chi connectivity index (χ2v) is 3.71. The van der Waals surface area contributed by atoms with Crippen LogP contribution in [0.25, 0.3) is 22.1 Å². The van der Waals surface area contributed by atoms with Gasteiger partial charge in [-0.15, -0.1) is 0 Å². The summed E-state index contributed by atoms with van der Waals surface area (Å²) in [5.74, 6) is 1.23. The van der Waals surface area contributed by atoms with Crippen molar-refractivity contribution < 1.29 is 8.94 Å². The van der Waals surface area contributed by atoms with Gasteiger partial charge in [-0.1, -0.05) is 11.2 Å². The van der Waals surface area contributed by atoms with Crippen LogP contribution in [0.3, 0.4) is 0 Å². The molecule has 0 aliphatic rings. The minimum absolute atomic E-state index is 0.333. The highest BCUT2D eigenvalue weighted by Crippen LogP contribution is 2.29. The van der Waals surface area contributed by atoms with E-state index in [9.17, 15) is 0 Å². The van der Waals surface area contributed by atoms with Gasteiger partial charge in [-0.05, 0) is 30.7 Å². The number of aromatic nitrogens is 1. The smallest absolute Gasteiger partial charge is 0.229 e. The second-order valence-electron chi connectivity index (χ2n) is 3.71. The number of nitrogens with two attached hydrogens (primary N) is 1. The fraction of sp³-hybridized carbons (Fsp3) is 0.0833. The number of aryl methyl sites for hydroxylation is 1. The van der Waals surface area contributed by atoms with Gasteiger partial charge in [-0.25, -0.2) is 0 Å². The van der Waals surface area contributed by atoms with Crippen LogP contribution in [0, 0.1) is 6.92 Å². The van der Waals surface area contributed by atoms with Crippen LogP contribution in [0.15, 0.2) is 39.4 Å². The third-order valence-corrected chi connectivity index (χ3v) is 2.55. The van der Waals surface area contributed by atoms with Crippen molar-refractivity contribution in [3.8, 4) is 11.1 Å². The molecule has 0 spiro atoms. The lowest BCUT2D eigenvalue weighted by atomic mass is 10.1. The molecule has 0 saturated heterocycles. The SMILES string of the molecule is Cc1cc2cc(-c3cnoc3N)ccc2o1. The number of benzene rings is 1. The van der Waals surface area contributed by atoms with Crippen molar-refractivity contribution in [3.05, 3.63) is 36.2 Å². The summed E-state index contributed by atoms with van der Waals surface area (Å²) in [5, 5.41) is 4.71. The number of anilines is 1. The molecule has 4 heteroatoms. The molecule has 4 nitrogen and oxygen atoms in total. The highest BCUT2D eigenvalue weighted by molar-refractivity contribution is 5.85. The van der Waals surface area contributed by atoms with Crippen molar-refractivity contribution in [2.75, 3.05) is 5.73 Å². The zero-order valence-electron chi connectivity index (χ0n) is 8.73. The van der Waals surface area contributed by atoms with Gasteiger partial charge in [0.1, 0.15) is 11.3 Å². The second kappa shape index (κ2) is 3.13. The van der Waals surface area contributed by atoms with Gasteiger partial charge in [0.05, 0.1) is 11.8 Å². The number of hydrogen-bond donors (Lipinski definition) is 1. The molecule has 2 heterocycles. The standard InChI is InChI=1S/C12H10N2O2/c1-7-4-9-5-8(2-3-11(9)15-7)10-6-14-16-12(10)13/h2-6H,13H2,1H3. The minimum atomic E-state index is 0.333. The Hall–Kier alpha value is -2.23. The van der Waals surface area contributed by atoms with Crippen molar-refractivity contribution in [1.29, 1.82) is 0 Å². The molecule has 2 aromatic heterocycles. The quantitative estimate of drug-likeness (QED) is 0.676. The van der Waals surface area contributed by atoms with E-state index < -0.39 is 0 Å². The summed E-state index contributed by atoms with van der Waals surface area (Å²) in [4.78, 5) is 0. The van der Waals surface area contributed by atoms with Crippen LogP contribution < -0.4 is 5.73 Å². The Morgan fingerprint density at radius 1 is 1.25 bits per heavy atom. The van der Waals surface area contributed by atoms with Gasteiger partial charge in [-0.2, -0.15) is 0 Å². The minimum Gasteiger partial charge on any atom is -0.461 e. The fourth-order valence-corrected chi connectivity index (χ4v) is 1.81. The molecule has 0 saturated carbocycles. The molecule has 16 heavy (non-hydrogen) atoms. The fourth-order valence-electron chi connectivity index (χ4n) is 1.81. The molecule has 0 fully saturated rings. The molecule has 1 aromatic carbocycles. The molecular weight excluding hydrogens is 204 g/mol. The summed E-state index contributed by atoms with van der Waals surface area (Å²) < 4.78 is 10.3. The van der Waals surface area contributed by atoms with Gasteiger partial charge in [0.2, 0.25) is 5.88 Å². The van der Waals surface area contributed by atoms with E-state index in [0.29, 0.717) is 5.88 Å². The molecule has 3 rings (SSSR count). The zero-order chi connectivity index (χ0) is 11.1. The van der Waals surface area contributed by atoms with E-state index in [-0.39, 0.29) is 0 Å². The van der Waals surface area contributed by atoms with Gasteiger partial charge in [0.25, 0.3) is 0 Å². The van der Waals surface area contributed by atoms with Crippen molar-refractivity contribution >= 4 is 16.9 Å². The van der Waals surface area contributed by atoms with Crippen molar-refractivity contribution in [3.63, 3.8) is 0 Å². The van der Waals surface area contributed by atoms with Gasteiger partial charge < -0.3 is 14.7 Å². The van der Waals surface area contributed by atoms with Gasteiger partial charge >= 0.3 is 0 Å². The van der Waals surface area contributed by atoms with E-state index in [2.05, 4.69) is 5.16 Å². The summed E-state index contributed by atoms with van der Waals surface area (Å²) in [7, 11) is 0. The Labute approximate surface area is 91.6 Å². The van der Waals surface area contributed by atoms with Crippen molar-refractivity contribution in [1.82, 2.24) is 5.16 Å². The van der Waals surface area contributed by atoms with E-state index in [1.165, 1.54) is 0 Å². The Morgan fingerprint density at radius 3 is 2.88 bits per heavy atom. The molecule has 0 aliphatic heterocycles. The number of fused-ring (bicyclic) bond motifs is 1. The largest absolute Gasteiger partial charge is 0.461 e. The predicted molar refractivity (Wildman–Crippen MR) is 60.9 cm³/mol. The Balaban J connectivity index is 2.22. The van der Waals surface area contributed by atoms with E-state index in [0.717, 1.165) is 27.9 Å². The Morgan fingerprint density at radius 2 is 2.12 bits per heavy atom. The maximum Gasteiger partial charge on any atom is 0.229 e. The van der Waals surface area contributed by atoms with Gasteiger partial charge in [0, 0.05) is 5.39 Å². The molecule has 3 aromatic rings. The molecule has 0 bridgehead atoms. The lowest BCUT2D eigenvalue weighted by Gasteiger charge is -1.97. The lowest BCUT2D eigenvalue weighted by molar-refractivity contribution is 0.436. The maximum atomic E-state index is 5.67. The molecule has 80 valence electrons. The third-order valence-electron chi connectivity index (χ3n) is 2.55. The van der Waals surface area contributed by atoms with Crippen molar-refractivity contribution in [2.24, 2.45) is 0 Å². The monoisotopic (exact) mass is 214 g/mol. The normalized spacial score (nSPS) is 11.1. The molecule has 2 N–H and O–H groups in total. The van der Waals surface area contributed by atoms with E-state index in [1.807, 2.05) is 31.2 Å². The summed E-state index contributed by atoms with van der Waals surface area (Å²) in [6.07, 6.45) is 1.61. The first-order valence-electron chi connectivity index (χ1n) is 4.95. The van der Waals surface area contributed by atoms with Crippen molar-refractivity contribution in [2.45, 2.75) is 6.92 Å². The number of nitrogen functional groups attached to an aromatic ring is 1. The third kappa shape index (κ3) is 1.27. The van der Waals surface area contributed by atoms with Crippen LogP contribution in [0.1, 0.15) is 5.76 Å². The Kier molecular flexibility index (Phi) is 1.77. The highest BCUT2D eigenvalue weighted by atomic mass is 16.5. The van der Waals surface area contributed by atoms with E-state index in [4.69, 9.17) is 14.7 Å². The first-order valence-corrected chi connectivity index (χ1v) is 4.95. The predicted octanol–water partition coefficient (Wildman–Crippen LogP) is 2.98. The number of hydrogen-bond acceptors (Lipinski definition) is 4. The number of rotatable bonds is 1. The molecule has 0 amide bonds. The first-order chi connectivity index (χ1) is 7.74. The molecule has 0 aliphatic carbocycles. The summed E-state index contributed by atoms with van der Waals surface area (Å²) in [6, 6.07) is 7.86. The molecule has 0 atom stereocenters. The summed E-state index contributed by atoms with van der Waals surface area (Å²) in [5.41, 5.74) is 8.33. The number of furan rings is 1. The van der Waals surface area contributed by atoms with E-state index in [1.54, 1.807) is 6.20 Å². The maximum absolute atomic E-state index is 5.67. The van der Waals surface area contributed by atoms with E-state index >= 15 is 0 Å². The van der Waals surface area contributed by atoms with Crippen LogP contribution in [0.5, 0.6) is 0 Å². The lowest BCUT2D eigenvalue weighted by Crippen LogP contribution is -1.84. The van der Waals surface area contributed by atoms with Crippen LogP contribution >= 0.6 is 0 Å². The number of nitrogens with zero attached hydrogens (tertiary/aromatic N) is 1. The highest BCUT2D eigenvalue weighted by Gasteiger charge is 2.08. The van der Waals surface area contributed by atoms with Gasteiger partial charge in [-0.3, -0.25) is 0 Å². The molecule has 0 unspecified atom stereocenters. The summed E-state index contributed by atoms with van der Waals surface area (Å²) in [6.45, 7) is 1.92. The van der Waals surface area contributed by atoms with Crippen LogP contribution in [0.4, 0.5) is 5.88 Å².